The Hall–Kier alpha value is -0.910. The molecule has 1 atom stereocenters. The highest BCUT2D eigenvalue weighted by Gasteiger charge is 2.33. The zero-order valence-electron chi connectivity index (χ0n) is 12.3. The molecule has 0 bridgehead atoms. The van der Waals surface area contributed by atoms with Gasteiger partial charge >= 0.3 is 0 Å². The maximum Gasteiger partial charge on any atom is 0.218 e. The minimum atomic E-state index is -3.19. The van der Waals surface area contributed by atoms with E-state index in [4.69, 9.17) is 4.74 Å². The number of ether oxygens (including phenoxy) is 1. The largest absolute Gasteiger partial charge is 0.378 e. The van der Waals surface area contributed by atoms with Crippen molar-refractivity contribution in [3.05, 3.63) is 35.9 Å². The first kappa shape index (κ1) is 15.0. The molecule has 0 N–H and O–H groups in total. The second-order valence-corrected chi connectivity index (χ2v) is 8.00. The monoisotopic (exact) mass is 309 g/mol. The Morgan fingerprint density at radius 2 is 1.81 bits per heavy atom. The van der Waals surface area contributed by atoms with E-state index >= 15 is 0 Å². The number of rotatable bonds is 4. The summed E-state index contributed by atoms with van der Waals surface area (Å²) < 4.78 is 32.4. The molecule has 2 saturated heterocycles. The lowest BCUT2D eigenvalue weighted by molar-refractivity contribution is 0.0424. The highest BCUT2D eigenvalue weighted by atomic mass is 32.2. The molecule has 0 saturated carbocycles. The lowest BCUT2D eigenvalue weighted by Gasteiger charge is -2.33. The van der Waals surface area contributed by atoms with Gasteiger partial charge in [-0.15, -0.1) is 0 Å². The predicted molar refractivity (Wildman–Crippen MR) is 82.3 cm³/mol. The molecular formula is C16H23NO3S. The molecule has 0 spiro atoms. The van der Waals surface area contributed by atoms with Crippen LogP contribution in [0.3, 0.4) is 0 Å². The second-order valence-electron chi connectivity index (χ2n) is 6.03. The van der Waals surface area contributed by atoms with Gasteiger partial charge in [0.2, 0.25) is 10.0 Å². The fourth-order valence-electron chi connectivity index (χ4n) is 3.38. The van der Waals surface area contributed by atoms with Gasteiger partial charge in [-0.05, 0) is 37.2 Å². The molecule has 4 nitrogen and oxygen atoms in total. The van der Waals surface area contributed by atoms with Crippen LogP contribution in [-0.4, -0.2) is 38.5 Å². The maximum absolute atomic E-state index is 12.5. The molecule has 0 radical (unpaired) electrons. The molecule has 0 aromatic heterocycles. The lowest BCUT2D eigenvalue weighted by Crippen LogP contribution is -2.41. The van der Waals surface area contributed by atoms with Crippen LogP contribution in [0.25, 0.3) is 0 Å². The third-order valence-corrected chi connectivity index (χ3v) is 6.42. The van der Waals surface area contributed by atoms with Gasteiger partial charge in [-0.3, -0.25) is 0 Å². The summed E-state index contributed by atoms with van der Waals surface area (Å²) >= 11 is 0. The van der Waals surface area contributed by atoms with Gasteiger partial charge in [0.05, 0.1) is 11.9 Å². The predicted octanol–water partition coefficient (Wildman–Crippen LogP) is 2.41. The molecular weight excluding hydrogens is 286 g/mol. The van der Waals surface area contributed by atoms with Crippen molar-refractivity contribution in [2.45, 2.75) is 37.5 Å². The number of hydrogen-bond acceptors (Lipinski definition) is 3. The van der Waals surface area contributed by atoms with Crippen molar-refractivity contribution in [1.82, 2.24) is 4.31 Å². The van der Waals surface area contributed by atoms with Crippen molar-refractivity contribution < 1.29 is 13.2 Å². The van der Waals surface area contributed by atoms with Gasteiger partial charge in [0.15, 0.2) is 0 Å². The smallest absolute Gasteiger partial charge is 0.218 e. The fourth-order valence-corrected chi connectivity index (χ4v) is 4.94. The summed E-state index contributed by atoms with van der Waals surface area (Å²) in [6.45, 7) is 2.15. The average Bonchev–Trinajstić information content (AvgIpc) is 3.02. The normalized spacial score (nSPS) is 25.2. The Kier molecular flexibility index (Phi) is 4.62. The van der Waals surface area contributed by atoms with Gasteiger partial charge in [-0.2, -0.15) is 0 Å². The molecule has 21 heavy (non-hydrogen) atoms. The standard InChI is InChI=1S/C16H23NO3S/c18-21(19,13-14-5-2-1-3-6-14)17-10-8-15(9-11-17)16-7-4-12-20-16/h1-3,5-6,15-16H,4,7-13H2/t16-/m1/s1. The van der Waals surface area contributed by atoms with Crippen molar-refractivity contribution in [3.8, 4) is 0 Å². The molecule has 5 heteroatoms. The van der Waals surface area contributed by atoms with Crippen molar-refractivity contribution in [2.24, 2.45) is 5.92 Å². The summed E-state index contributed by atoms with van der Waals surface area (Å²) in [5, 5.41) is 0. The van der Waals surface area contributed by atoms with E-state index in [2.05, 4.69) is 0 Å². The van der Waals surface area contributed by atoms with E-state index in [1.165, 1.54) is 0 Å². The van der Waals surface area contributed by atoms with Crippen LogP contribution in [0.5, 0.6) is 0 Å². The molecule has 2 aliphatic rings. The Labute approximate surface area is 127 Å². The lowest BCUT2D eigenvalue weighted by atomic mass is 9.91. The first-order valence-corrected chi connectivity index (χ1v) is 9.39. The first-order valence-electron chi connectivity index (χ1n) is 7.78. The third-order valence-electron chi connectivity index (χ3n) is 4.57. The molecule has 1 aromatic carbocycles. The summed E-state index contributed by atoms with van der Waals surface area (Å²) in [4.78, 5) is 0. The Balaban J connectivity index is 1.58. The van der Waals surface area contributed by atoms with Crippen LogP contribution < -0.4 is 0 Å². The van der Waals surface area contributed by atoms with Gasteiger partial charge in [-0.25, -0.2) is 12.7 Å². The summed E-state index contributed by atoms with van der Waals surface area (Å²) in [7, 11) is -3.19. The highest BCUT2D eigenvalue weighted by Crippen LogP contribution is 2.30. The topological polar surface area (TPSA) is 46.6 Å². The number of piperidine rings is 1. The van der Waals surface area contributed by atoms with E-state index in [1.807, 2.05) is 30.3 Å². The minimum Gasteiger partial charge on any atom is -0.378 e. The van der Waals surface area contributed by atoms with Crippen molar-refractivity contribution in [2.75, 3.05) is 19.7 Å². The molecule has 0 aliphatic carbocycles. The first-order chi connectivity index (χ1) is 10.1. The Morgan fingerprint density at radius 1 is 1.10 bits per heavy atom. The van der Waals surface area contributed by atoms with E-state index in [0.29, 0.717) is 25.1 Å². The van der Waals surface area contributed by atoms with Gasteiger partial charge < -0.3 is 4.74 Å². The van der Waals surface area contributed by atoms with Crippen LogP contribution in [0.15, 0.2) is 30.3 Å². The van der Waals surface area contributed by atoms with Crippen molar-refractivity contribution in [3.63, 3.8) is 0 Å². The van der Waals surface area contributed by atoms with Gasteiger partial charge in [0, 0.05) is 19.7 Å². The third kappa shape index (κ3) is 3.65. The van der Waals surface area contributed by atoms with Crippen molar-refractivity contribution in [1.29, 1.82) is 0 Å². The fraction of sp³-hybridized carbons (Fsp3) is 0.625. The Morgan fingerprint density at radius 3 is 2.43 bits per heavy atom. The summed E-state index contributed by atoms with van der Waals surface area (Å²) in [5.74, 6) is 0.647. The number of sulfonamides is 1. The minimum absolute atomic E-state index is 0.110. The second kappa shape index (κ2) is 6.46. The highest BCUT2D eigenvalue weighted by molar-refractivity contribution is 7.88. The van der Waals surface area contributed by atoms with Gasteiger partial charge in [0.1, 0.15) is 0 Å². The van der Waals surface area contributed by atoms with E-state index < -0.39 is 10.0 Å². The summed E-state index contributed by atoms with van der Waals surface area (Å²) in [6, 6.07) is 9.42. The van der Waals surface area contributed by atoms with Gasteiger partial charge in [0.25, 0.3) is 0 Å². The molecule has 2 fully saturated rings. The zero-order valence-corrected chi connectivity index (χ0v) is 13.1. The quantitative estimate of drug-likeness (QED) is 0.858. The van der Waals surface area contributed by atoms with Crippen LogP contribution in [0.4, 0.5) is 0 Å². The summed E-state index contributed by atoms with van der Waals surface area (Å²) in [6.07, 6.45) is 4.51. The maximum atomic E-state index is 12.5. The van der Waals surface area contributed by atoms with E-state index in [-0.39, 0.29) is 5.75 Å². The van der Waals surface area contributed by atoms with Gasteiger partial charge in [-0.1, -0.05) is 30.3 Å². The van der Waals surface area contributed by atoms with Crippen LogP contribution in [0, 0.1) is 5.92 Å². The number of nitrogens with zero attached hydrogens (tertiary/aromatic N) is 1. The van der Waals surface area contributed by atoms with Crippen LogP contribution >= 0.6 is 0 Å². The Bertz CT molecular complexity index is 544. The molecule has 1 aromatic rings. The van der Waals surface area contributed by atoms with Crippen LogP contribution in [-0.2, 0) is 20.5 Å². The molecule has 2 heterocycles. The number of hydrogen-bond donors (Lipinski definition) is 0. The van der Waals surface area contributed by atoms with Crippen LogP contribution in [0.2, 0.25) is 0 Å². The summed E-state index contributed by atoms with van der Waals surface area (Å²) in [5.41, 5.74) is 0.860. The molecule has 3 rings (SSSR count). The van der Waals surface area contributed by atoms with Crippen LogP contribution in [0.1, 0.15) is 31.2 Å². The van der Waals surface area contributed by atoms with E-state index in [9.17, 15) is 8.42 Å². The number of benzene rings is 1. The SMILES string of the molecule is O=S(=O)(Cc1ccccc1)N1CCC([C@H]2CCCO2)CC1. The van der Waals surface area contributed by atoms with Crippen molar-refractivity contribution >= 4 is 10.0 Å². The molecule has 2 aliphatic heterocycles. The van der Waals surface area contributed by atoms with E-state index in [1.54, 1.807) is 4.31 Å². The van der Waals surface area contributed by atoms with E-state index in [0.717, 1.165) is 37.9 Å². The molecule has 0 amide bonds. The molecule has 116 valence electrons. The molecule has 0 unspecified atom stereocenters. The average molecular weight is 309 g/mol. The zero-order chi connectivity index (χ0) is 14.7.